The van der Waals surface area contributed by atoms with Gasteiger partial charge in [0.15, 0.2) is 0 Å². The number of benzene rings is 1. The van der Waals surface area contributed by atoms with E-state index in [1.807, 2.05) is 0 Å². The Morgan fingerprint density at radius 3 is 2.41 bits per heavy atom. The summed E-state index contributed by atoms with van der Waals surface area (Å²) in [7, 11) is -1.81. The van der Waals surface area contributed by atoms with Crippen molar-refractivity contribution in [2.75, 3.05) is 14.1 Å². The molecule has 0 aliphatic heterocycles. The molecule has 0 bridgehead atoms. The fraction of sp³-hybridized carbons (Fsp3) is 0.273. The number of aromatic nitrogens is 2. The molecule has 0 fully saturated rings. The maximum atomic E-state index is 12.9. The topological polar surface area (TPSA) is 79.0 Å². The van der Waals surface area contributed by atoms with Gasteiger partial charge in [0.2, 0.25) is 5.82 Å². The third-order valence-electron chi connectivity index (χ3n) is 2.79. The molecule has 0 unspecified atom stereocenters. The molecule has 0 atom stereocenters. The van der Waals surface area contributed by atoms with E-state index in [9.17, 15) is 21.6 Å². The molecular weight excluding hydrogens is 389 g/mol. The maximum Gasteiger partial charge on any atom is 0.416 e. The summed E-state index contributed by atoms with van der Waals surface area (Å²) < 4.78 is 64.4. The third kappa shape index (κ3) is 2.57. The minimum absolute atomic E-state index is 0.0463. The number of fused-ring (bicyclic) bond motifs is 1. The highest BCUT2D eigenvalue weighted by Gasteiger charge is 2.33. The summed E-state index contributed by atoms with van der Waals surface area (Å²) >= 11 is 2.93. The number of halogens is 4. The first-order valence-corrected chi connectivity index (χ1v) is 7.81. The van der Waals surface area contributed by atoms with E-state index >= 15 is 0 Å². The van der Waals surface area contributed by atoms with E-state index in [0.717, 1.165) is 10.4 Å². The van der Waals surface area contributed by atoms with Gasteiger partial charge >= 0.3 is 16.4 Å². The zero-order chi connectivity index (χ0) is 16.9. The second kappa shape index (κ2) is 5.22. The molecule has 118 valence electrons. The monoisotopic (exact) mass is 396 g/mol. The van der Waals surface area contributed by atoms with Crippen molar-refractivity contribution in [1.29, 1.82) is 5.26 Å². The van der Waals surface area contributed by atoms with E-state index in [1.165, 1.54) is 14.1 Å². The molecule has 0 N–H and O–H groups in total. The lowest BCUT2D eigenvalue weighted by atomic mass is 10.2. The number of hydrogen-bond donors (Lipinski definition) is 0. The molecule has 0 radical (unpaired) electrons. The van der Waals surface area contributed by atoms with Crippen molar-refractivity contribution in [3.8, 4) is 6.07 Å². The van der Waals surface area contributed by atoms with Crippen LogP contribution in [0.3, 0.4) is 0 Å². The zero-order valence-electron chi connectivity index (χ0n) is 11.2. The average Bonchev–Trinajstić information content (AvgIpc) is 2.77. The Labute approximate surface area is 132 Å². The summed E-state index contributed by atoms with van der Waals surface area (Å²) in [5.74, 6) is -0.524. The average molecular weight is 397 g/mol. The molecule has 1 aromatic heterocycles. The van der Waals surface area contributed by atoms with Gasteiger partial charge in [0.25, 0.3) is 0 Å². The summed E-state index contributed by atoms with van der Waals surface area (Å²) in [5, 5.41) is 9.03. The molecule has 2 aromatic rings. The van der Waals surface area contributed by atoms with Gasteiger partial charge in [-0.05, 0) is 28.1 Å². The molecule has 2 rings (SSSR count). The standard InChI is InChI=1S/C11H8BrF3N4O2S/c1-18(2)22(20,21)19-8-4-6(11(13,14)15)3-7(12)10(8)17-9(19)5-16/h3-4H,1-2H3. The Morgan fingerprint density at radius 2 is 1.95 bits per heavy atom. The Kier molecular flexibility index (Phi) is 3.97. The van der Waals surface area contributed by atoms with Crippen molar-refractivity contribution >= 4 is 37.2 Å². The summed E-state index contributed by atoms with van der Waals surface area (Å²) in [6, 6.07) is 3.00. The molecule has 22 heavy (non-hydrogen) atoms. The Bertz CT molecular complexity index is 897. The van der Waals surface area contributed by atoms with Crippen molar-refractivity contribution in [3.05, 3.63) is 28.0 Å². The molecular formula is C11H8BrF3N4O2S. The molecule has 0 amide bonds. The van der Waals surface area contributed by atoms with Crippen LogP contribution in [0, 0.1) is 11.3 Å². The van der Waals surface area contributed by atoms with E-state index in [2.05, 4.69) is 20.9 Å². The quantitative estimate of drug-likeness (QED) is 0.780. The first-order valence-electron chi connectivity index (χ1n) is 5.62. The highest BCUT2D eigenvalue weighted by molar-refractivity contribution is 9.10. The summed E-state index contributed by atoms with van der Waals surface area (Å²) in [6.45, 7) is 0. The molecule has 11 heteroatoms. The molecule has 1 aromatic carbocycles. The lowest BCUT2D eigenvalue weighted by molar-refractivity contribution is -0.137. The van der Waals surface area contributed by atoms with Crippen LogP contribution >= 0.6 is 15.9 Å². The summed E-state index contributed by atoms with van der Waals surface area (Å²) in [5.41, 5.74) is -1.42. The first-order chi connectivity index (χ1) is 10.00. The van der Waals surface area contributed by atoms with E-state index in [4.69, 9.17) is 5.26 Å². The molecule has 0 saturated heterocycles. The number of hydrogen-bond acceptors (Lipinski definition) is 4. The molecule has 6 nitrogen and oxygen atoms in total. The van der Waals surface area contributed by atoms with Gasteiger partial charge in [-0.15, -0.1) is 0 Å². The third-order valence-corrected chi connectivity index (χ3v) is 5.15. The fourth-order valence-corrected chi connectivity index (χ4v) is 3.30. The number of nitriles is 1. The largest absolute Gasteiger partial charge is 0.416 e. The van der Waals surface area contributed by atoms with Crippen molar-refractivity contribution in [2.24, 2.45) is 0 Å². The smallest absolute Gasteiger partial charge is 0.217 e. The van der Waals surface area contributed by atoms with Crippen LogP contribution in [-0.4, -0.2) is 35.8 Å². The van der Waals surface area contributed by atoms with Crippen LogP contribution in [0.25, 0.3) is 11.0 Å². The summed E-state index contributed by atoms with van der Waals surface area (Å²) in [6.07, 6.45) is -4.67. The van der Waals surface area contributed by atoms with Crippen LogP contribution in [0.4, 0.5) is 13.2 Å². The number of imidazole rings is 1. The van der Waals surface area contributed by atoms with Crippen LogP contribution in [0.5, 0.6) is 0 Å². The van der Waals surface area contributed by atoms with E-state index < -0.39 is 27.8 Å². The first kappa shape index (κ1) is 16.7. The Hall–Kier alpha value is -1.64. The van der Waals surface area contributed by atoms with Crippen LogP contribution < -0.4 is 0 Å². The molecule has 0 saturated carbocycles. The predicted octanol–water partition coefficient (Wildman–Crippen LogP) is 2.34. The van der Waals surface area contributed by atoms with Crippen molar-refractivity contribution in [2.45, 2.75) is 6.18 Å². The second-order valence-electron chi connectivity index (χ2n) is 4.43. The van der Waals surface area contributed by atoms with E-state index in [0.29, 0.717) is 10.0 Å². The van der Waals surface area contributed by atoms with Crippen LogP contribution in [0.1, 0.15) is 11.4 Å². The Balaban J connectivity index is 2.98. The van der Waals surface area contributed by atoms with Gasteiger partial charge in [-0.2, -0.15) is 35.1 Å². The minimum Gasteiger partial charge on any atom is -0.217 e. The van der Waals surface area contributed by atoms with Gasteiger partial charge < -0.3 is 0 Å². The number of alkyl halides is 3. The van der Waals surface area contributed by atoms with Gasteiger partial charge in [-0.1, -0.05) is 0 Å². The van der Waals surface area contributed by atoms with E-state index in [-0.39, 0.29) is 15.5 Å². The molecule has 0 aliphatic carbocycles. The van der Waals surface area contributed by atoms with Crippen LogP contribution in [-0.2, 0) is 16.4 Å². The highest BCUT2D eigenvalue weighted by atomic mass is 79.9. The number of nitrogens with zero attached hydrogens (tertiary/aromatic N) is 4. The predicted molar refractivity (Wildman–Crippen MR) is 75.2 cm³/mol. The second-order valence-corrected chi connectivity index (χ2v) is 7.27. The van der Waals surface area contributed by atoms with Gasteiger partial charge in [-0.3, -0.25) is 0 Å². The normalized spacial score (nSPS) is 12.8. The highest BCUT2D eigenvalue weighted by Crippen LogP contribution is 2.36. The van der Waals surface area contributed by atoms with Gasteiger partial charge in [0.05, 0.1) is 11.1 Å². The van der Waals surface area contributed by atoms with Crippen molar-refractivity contribution in [3.63, 3.8) is 0 Å². The molecule has 1 heterocycles. The maximum absolute atomic E-state index is 12.9. The SMILES string of the molecule is CN(C)S(=O)(=O)n1c(C#N)nc2c(Br)cc(C(F)(F)F)cc21. The minimum atomic E-state index is -4.67. The van der Waals surface area contributed by atoms with Gasteiger partial charge in [0, 0.05) is 18.6 Å². The fourth-order valence-electron chi connectivity index (χ4n) is 1.75. The van der Waals surface area contributed by atoms with Gasteiger partial charge in [-0.25, -0.2) is 4.98 Å². The lowest BCUT2D eigenvalue weighted by Crippen LogP contribution is -2.29. The molecule has 0 aliphatic rings. The van der Waals surface area contributed by atoms with E-state index in [1.54, 1.807) is 6.07 Å². The summed E-state index contributed by atoms with van der Waals surface area (Å²) in [4.78, 5) is 3.78. The van der Waals surface area contributed by atoms with Crippen molar-refractivity contribution in [1.82, 2.24) is 13.3 Å². The number of rotatable bonds is 2. The zero-order valence-corrected chi connectivity index (χ0v) is 13.6. The van der Waals surface area contributed by atoms with Crippen molar-refractivity contribution < 1.29 is 21.6 Å². The lowest BCUT2D eigenvalue weighted by Gasteiger charge is -2.14. The molecule has 0 spiro atoms. The Morgan fingerprint density at radius 1 is 1.36 bits per heavy atom. The van der Waals surface area contributed by atoms with Gasteiger partial charge in [0.1, 0.15) is 11.6 Å². The van der Waals surface area contributed by atoms with Crippen LogP contribution in [0.15, 0.2) is 16.6 Å². The van der Waals surface area contributed by atoms with Crippen LogP contribution in [0.2, 0.25) is 0 Å².